The first-order chi connectivity index (χ1) is 8.98. The third-order valence-electron chi connectivity index (χ3n) is 3.11. The van der Waals surface area contributed by atoms with E-state index in [9.17, 15) is 4.39 Å². The minimum atomic E-state index is -0.292. The highest BCUT2D eigenvalue weighted by molar-refractivity contribution is 5.33. The van der Waals surface area contributed by atoms with Gasteiger partial charge in [0.15, 0.2) is 0 Å². The Balaban J connectivity index is 2.51. The van der Waals surface area contributed by atoms with Gasteiger partial charge in [0.25, 0.3) is 0 Å². The number of rotatable bonds is 7. The molecule has 3 nitrogen and oxygen atoms in total. The summed E-state index contributed by atoms with van der Waals surface area (Å²) >= 11 is 0. The van der Waals surface area contributed by atoms with E-state index in [2.05, 4.69) is 19.2 Å². The van der Waals surface area contributed by atoms with E-state index in [1.54, 1.807) is 6.07 Å². The van der Waals surface area contributed by atoms with Gasteiger partial charge in [-0.15, -0.1) is 0 Å². The lowest BCUT2D eigenvalue weighted by Crippen LogP contribution is -2.29. The number of aliphatic hydroxyl groups excluding tert-OH is 1. The van der Waals surface area contributed by atoms with Crippen molar-refractivity contribution in [2.75, 3.05) is 13.2 Å². The Kier molecular flexibility index (Phi) is 5.94. The molecule has 0 aliphatic heterocycles. The van der Waals surface area contributed by atoms with Crippen LogP contribution in [0.3, 0.4) is 0 Å². The van der Waals surface area contributed by atoms with Crippen molar-refractivity contribution in [2.45, 2.75) is 33.2 Å². The average molecular weight is 264 g/mol. The van der Waals surface area contributed by atoms with E-state index in [4.69, 9.17) is 10.4 Å². The SMILES string of the molecule is CC(C)(CCCO)CNCc1cc(C#N)ccc1F. The normalized spacial score (nSPS) is 11.3. The van der Waals surface area contributed by atoms with Crippen LogP contribution in [0.2, 0.25) is 0 Å². The van der Waals surface area contributed by atoms with E-state index in [-0.39, 0.29) is 17.8 Å². The van der Waals surface area contributed by atoms with Crippen LogP contribution in [-0.2, 0) is 6.54 Å². The molecule has 104 valence electrons. The molecule has 0 bridgehead atoms. The Morgan fingerprint density at radius 3 is 2.79 bits per heavy atom. The van der Waals surface area contributed by atoms with Crippen LogP contribution in [0, 0.1) is 22.6 Å². The maximum Gasteiger partial charge on any atom is 0.127 e. The Hall–Kier alpha value is -1.44. The summed E-state index contributed by atoms with van der Waals surface area (Å²) in [4.78, 5) is 0. The summed E-state index contributed by atoms with van der Waals surface area (Å²) in [7, 11) is 0. The molecule has 19 heavy (non-hydrogen) atoms. The first kappa shape index (κ1) is 15.6. The number of nitrogens with zero attached hydrogens (tertiary/aromatic N) is 1. The highest BCUT2D eigenvalue weighted by Crippen LogP contribution is 2.21. The maximum atomic E-state index is 13.5. The van der Waals surface area contributed by atoms with Crippen molar-refractivity contribution in [2.24, 2.45) is 5.41 Å². The van der Waals surface area contributed by atoms with Crippen molar-refractivity contribution in [1.29, 1.82) is 5.26 Å². The van der Waals surface area contributed by atoms with Gasteiger partial charge in [-0.1, -0.05) is 13.8 Å². The average Bonchev–Trinajstić information content (AvgIpc) is 2.38. The molecular formula is C15H21FN2O. The molecule has 0 amide bonds. The molecule has 0 saturated carbocycles. The third-order valence-corrected chi connectivity index (χ3v) is 3.11. The molecule has 0 radical (unpaired) electrons. The van der Waals surface area contributed by atoms with Gasteiger partial charge in [-0.2, -0.15) is 5.26 Å². The number of nitriles is 1. The van der Waals surface area contributed by atoms with Gasteiger partial charge in [0, 0.05) is 25.3 Å². The molecule has 0 saturated heterocycles. The lowest BCUT2D eigenvalue weighted by atomic mass is 9.88. The summed E-state index contributed by atoms with van der Waals surface area (Å²) in [5, 5.41) is 20.8. The van der Waals surface area contributed by atoms with E-state index in [1.807, 2.05) is 6.07 Å². The van der Waals surface area contributed by atoms with E-state index >= 15 is 0 Å². The summed E-state index contributed by atoms with van der Waals surface area (Å²) in [6.07, 6.45) is 1.68. The molecule has 2 N–H and O–H groups in total. The lowest BCUT2D eigenvalue weighted by molar-refractivity contribution is 0.236. The van der Waals surface area contributed by atoms with E-state index in [0.717, 1.165) is 19.4 Å². The predicted molar refractivity (Wildman–Crippen MR) is 72.9 cm³/mol. The van der Waals surface area contributed by atoms with E-state index in [1.165, 1.54) is 12.1 Å². The first-order valence-corrected chi connectivity index (χ1v) is 6.48. The maximum absolute atomic E-state index is 13.5. The van der Waals surface area contributed by atoms with Gasteiger partial charge in [-0.25, -0.2) is 4.39 Å². The molecule has 0 unspecified atom stereocenters. The summed E-state index contributed by atoms with van der Waals surface area (Å²) in [5.41, 5.74) is 1.04. The zero-order chi connectivity index (χ0) is 14.3. The standard InChI is InChI=1S/C15H21FN2O/c1-15(2,6-3-7-19)11-18-10-13-8-12(9-17)4-5-14(13)16/h4-5,8,18-19H,3,6-7,10-11H2,1-2H3. The van der Waals surface area contributed by atoms with E-state index in [0.29, 0.717) is 17.7 Å². The second kappa shape index (κ2) is 7.22. The number of benzene rings is 1. The molecule has 1 rings (SSSR count). The Labute approximate surface area is 114 Å². The second-order valence-electron chi connectivity index (χ2n) is 5.51. The third kappa shape index (κ3) is 5.37. The van der Waals surface area contributed by atoms with Crippen molar-refractivity contribution in [3.05, 3.63) is 35.1 Å². The summed E-state index contributed by atoms with van der Waals surface area (Å²) in [6.45, 7) is 5.56. The largest absolute Gasteiger partial charge is 0.396 e. The van der Waals surface area contributed by atoms with Crippen LogP contribution in [0.1, 0.15) is 37.8 Å². The summed E-state index contributed by atoms with van der Waals surface area (Å²) in [6, 6.07) is 6.38. The molecule has 0 aliphatic carbocycles. The van der Waals surface area contributed by atoms with Gasteiger partial charge >= 0.3 is 0 Å². The van der Waals surface area contributed by atoms with Gasteiger partial charge < -0.3 is 10.4 Å². The highest BCUT2D eigenvalue weighted by Gasteiger charge is 2.16. The minimum Gasteiger partial charge on any atom is -0.396 e. The molecule has 0 aliphatic rings. The Bertz CT molecular complexity index is 452. The number of aliphatic hydroxyl groups is 1. The molecular weight excluding hydrogens is 243 g/mol. The molecule has 0 spiro atoms. The molecule has 0 heterocycles. The van der Waals surface area contributed by atoms with Crippen molar-refractivity contribution in [1.82, 2.24) is 5.32 Å². The van der Waals surface area contributed by atoms with Gasteiger partial charge in [-0.3, -0.25) is 0 Å². The lowest BCUT2D eigenvalue weighted by Gasteiger charge is -2.24. The topological polar surface area (TPSA) is 56.0 Å². The molecule has 1 aromatic carbocycles. The van der Waals surface area contributed by atoms with Crippen LogP contribution in [0.25, 0.3) is 0 Å². The fourth-order valence-corrected chi connectivity index (χ4v) is 1.96. The molecule has 0 aromatic heterocycles. The van der Waals surface area contributed by atoms with Gasteiger partial charge in [-0.05, 0) is 36.5 Å². The van der Waals surface area contributed by atoms with Crippen molar-refractivity contribution in [3.63, 3.8) is 0 Å². The second-order valence-corrected chi connectivity index (χ2v) is 5.51. The zero-order valence-electron chi connectivity index (χ0n) is 11.5. The van der Waals surface area contributed by atoms with Crippen LogP contribution in [0.15, 0.2) is 18.2 Å². The number of hydrogen-bond donors (Lipinski definition) is 2. The predicted octanol–water partition coefficient (Wildman–Crippen LogP) is 2.59. The fourth-order valence-electron chi connectivity index (χ4n) is 1.96. The fraction of sp³-hybridized carbons (Fsp3) is 0.533. The summed E-state index contributed by atoms with van der Waals surface area (Å²) in [5.74, 6) is -0.292. The van der Waals surface area contributed by atoms with Crippen molar-refractivity contribution in [3.8, 4) is 6.07 Å². The van der Waals surface area contributed by atoms with Crippen LogP contribution in [-0.4, -0.2) is 18.3 Å². The molecule has 0 atom stereocenters. The Morgan fingerprint density at radius 1 is 1.42 bits per heavy atom. The summed E-state index contributed by atoms with van der Waals surface area (Å²) < 4.78 is 13.5. The first-order valence-electron chi connectivity index (χ1n) is 6.48. The van der Waals surface area contributed by atoms with Crippen molar-refractivity contribution < 1.29 is 9.50 Å². The van der Waals surface area contributed by atoms with E-state index < -0.39 is 0 Å². The minimum absolute atomic E-state index is 0.0616. The van der Waals surface area contributed by atoms with Crippen LogP contribution in [0.4, 0.5) is 4.39 Å². The highest BCUT2D eigenvalue weighted by atomic mass is 19.1. The zero-order valence-corrected chi connectivity index (χ0v) is 11.5. The van der Waals surface area contributed by atoms with Gasteiger partial charge in [0.1, 0.15) is 5.82 Å². The number of hydrogen-bond acceptors (Lipinski definition) is 3. The molecule has 4 heteroatoms. The van der Waals surface area contributed by atoms with Crippen LogP contribution in [0.5, 0.6) is 0 Å². The van der Waals surface area contributed by atoms with Gasteiger partial charge in [0.05, 0.1) is 11.6 Å². The monoisotopic (exact) mass is 264 g/mol. The number of nitrogens with one attached hydrogen (secondary N) is 1. The molecule has 0 fully saturated rings. The Morgan fingerprint density at radius 2 is 2.16 bits per heavy atom. The van der Waals surface area contributed by atoms with Gasteiger partial charge in [0.2, 0.25) is 0 Å². The van der Waals surface area contributed by atoms with Crippen LogP contribution < -0.4 is 5.32 Å². The smallest absolute Gasteiger partial charge is 0.127 e. The quantitative estimate of drug-likeness (QED) is 0.796. The number of halogens is 1. The molecule has 1 aromatic rings. The van der Waals surface area contributed by atoms with Crippen LogP contribution >= 0.6 is 0 Å². The van der Waals surface area contributed by atoms with Crippen molar-refractivity contribution >= 4 is 0 Å².